The van der Waals surface area contributed by atoms with E-state index < -0.39 is 0 Å². The van der Waals surface area contributed by atoms with Gasteiger partial charge in [-0.05, 0) is 51.1 Å². The number of halogens is 1. The minimum atomic E-state index is 0.0422. The molecule has 0 radical (unpaired) electrons. The number of carbonyl (C=O) groups excluding carboxylic acids is 1. The molecule has 0 unspecified atom stereocenters. The maximum Gasteiger partial charge on any atom is 0.257 e. The number of aromatic nitrogens is 4. The first-order valence-corrected chi connectivity index (χ1v) is 11.7. The van der Waals surface area contributed by atoms with Gasteiger partial charge in [0, 0.05) is 49.2 Å². The zero-order valence-electron chi connectivity index (χ0n) is 18.6. The molecule has 1 atom stereocenters. The highest BCUT2D eigenvalue weighted by Crippen LogP contribution is 2.34. The molecule has 4 heterocycles. The molecule has 9 heteroatoms. The fourth-order valence-corrected chi connectivity index (χ4v) is 4.83. The molecule has 8 nitrogen and oxygen atoms in total. The van der Waals surface area contributed by atoms with Crippen LogP contribution in [0.5, 0.6) is 11.6 Å². The first-order valence-electron chi connectivity index (χ1n) is 11.3. The van der Waals surface area contributed by atoms with Crippen LogP contribution in [0.3, 0.4) is 0 Å². The Balaban J connectivity index is 1.23. The molecule has 0 saturated carbocycles. The predicted octanol–water partition coefficient (Wildman–Crippen LogP) is 4.02. The molecule has 172 valence electrons. The maximum atomic E-state index is 13.1. The monoisotopic (exact) mass is 466 g/mol. The summed E-state index contributed by atoms with van der Waals surface area (Å²) >= 11 is 6.08. The van der Waals surface area contributed by atoms with E-state index in [1.54, 1.807) is 30.7 Å². The van der Waals surface area contributed by atoms with Crippen molar-refractivity contribution >= 4 is 17.5 Å². The standard InChI is InChI=1S/C24H27ClN6O2/c1-29-10-7-20(16-29)31-15-18(14-28-31)24(32)30-11-5-17(6-12-30)22-23(27-9-8-26-22)33-21-4-2-3-19(25)13-21/h2-4,8-9,13-15,17,20H,5-7,10-12,16H2,1H3/t20-/m0/s1. The smallest absolute Gasteiger partial charge is 0.257 e. The summed E-state index contributed by atoms with van der Waals surface area (Å²) in [6, 6.07) is 7.58. The lowest BCUT2D eigenvalue weighted by Gasteiger charge is -2.31. The Morgan fingerprint density at radius 1 is 1.12 bits per heavy atom. The molecule has 1 aromatic carbocycles. The van der Waals surface area contributed by atoms with Gasteiger partial charge < -0.3 is 14.5 Å². The molecular weight excluding hydrogens is 440 g/mol. The van der Waals surface area contributed by atoms with Gasteiger partial charge in [0.2, 0.25) is 5.88 Å². The number of hydrogen-bond donors (Lipinski definition) is 0. The average Bonchev–Trinajstić information content (AvgIpc) is 3.48. The van der Waals surface area contributed by atoms with Gasteiger partial charge in [-0.3, -0.25) is 14.5 Å². The van der Waals surface area contributed by atoms with Crippen molar-refractivity contribution in [1.29, 1.82) is 0 Å². The first-order chi connectivity index (χ1) is 16.1. The highest BCUT2D eigenvalue weighted by atomic mass is 35.5. The highest BCUT2D eigenvalue weighted by Gasteiger charge is 2.29. The second kappa shape index (κ2) is 9.49. The Bertz CT molecular complexity index is 1130. The van der Waals surface area contributed by atoms with Crippen LogP contribution in [0.2, 0.25) is 5.02 Å². The second-order valence-corrected chi connectivity index (χ2v) is 9.22. The Labute approximate surface area is 198 Å². The van der Waals surface area contributed by atoms with Crippen molar-refractivity contribution in [3.05, 3.63) is 65.3 Å². The normalized spacial score (nSPS) is 19.7. The number of ether oxygens (including phenoxy) is 1. The van der Waals surface area contributed by atoms with E-state index in [9.17, 15) is 4.79 Å². The van der Waals surface area contributed by atoms with E-state index in [0.29, 0.717) is 41.3 Å². The lowest BCUT2D eigenvalue weighted by Crippen LogP contribution is -2.38. The summed E-state index contributed by atoms with van der Waals surface area (Å²) in [6.07, 6.45) is 9.59. The molecule has 1 amide bonds. The van der Waals surface area contributed by atoms with E-state index in [2.05, 4.69) is 27.0 Å². The Kier molecular flexibility index (Phi) is 6.28. The summed E-state index contributed by atoms with van der Waals surface area (Å²) in [7, 11) is 2.11. The molecule has 2 saturated heterocycles. The van der Waals surface area contributed by atoms with E-state index >= 15 is 0 Å². The number of carbonyl (C=O) groups is 1. The van der Waals surface area contributed by atoms with Gasteiger partial charge in [-0.25, -0.2) is 4.98 Å². The van der Waals surface area contributed by atoms with E-state index in [-0.39, 0.29) is 11.8 Å². The molecule has 33 heavy (non-hydrogen) atoms. The van der Waals surface area contributed by atoms with Crippen molar-refractivity contribution in [1.82, 2.24) is 29.5 Å². The summed E-state index contributed by atoms with van der Waals surface area (Å²) in [6.45, 7) is 3.35. The molecule has 2 aromatic heterocycles. The summed E-state index contributed by atoms with van der Waals surface area (Å²) in [5, 5.41) is 5.07. The quantitative estimate of drug-likeness (QED) is 0.565. The van der Waals surface area contributed by atoms with E-state index in [1.807, 2.05) is 27.9 Å². The molecular formula is C24H27ClN6O2. The van der Waals surface area contributed by atoms with Gasteiger partial charge in [-0.2, -0.15) is 5.10 Å². The van der Waals surface area contributed by atoms with Crippen LogP contribution in [0.1, 0.15) is 47.3 Å². The Morgan fingerprint density at radius 3 is 2.70 bits per heavy atom. The third-order valence-electron chi connectivity index (χ3n) is 6.46. The Morgan fingerprint density at radius 2 is 1.94 bits per heavy atom. The highest BCUT2D eigenvalue weighted by molar-refractivity contribution is 6.30. The number of piperidine rings is 1. The van der Waals surface area contributed by atoms with Crippen LogP contribution in [-0.4, -0.2) is 68.7 Å². The topological polar surface area (TPSA) is 76.4 Å². The number of hydrogen-bond acceptors (Lipinski definition) is 6. The number of amides is 1. The molecule has 5 rings (SSSR count). The summed E-state index contributed by atoms with van der Waals surface area (Å²) in [5.74, 6) is 1.34. The van der Waals surface area contributed by atoms with Gasteiger partial charge in [0.15, 0.2) is 0 Å². The van der Waals surface area contributed by atoms with Gasteiger partial charge in [0.25, 0.3) is 5.91 Å². The van der Waals surface area contributed by atoms with Crippen LogP contribution in [-0.2, 0) is 0 Å². The largest absolute Gasteiger partial charge is 0.437 e. The molecule has 0 spiro atoms. The van der Waals surface area contributed by atoms with Gasteiger partial charge in [-0.15, -0.1) is 0 Å². The number of benzene rings is 1. The number of rotatable bonds is 5. The fourth-order valence-electron chi connectivity index (χ4n) is 4.65. The SMILES string of the molecule is CN1CC[C@H](n2cc(C(=O)N3CCC(c4nccnc4Oc4cccc(Cl)c4)CC3)cn2)C1. The summed E-state index contributed by atoms with van der Waals surface area (Å²) in [5.41, 5.74) is 1.48. The summed E-state index contributed by atoms with van der Waals surface area (Å²) in [4.78, 5) is 26.2. The minimum Gasteiger partial charge on any atom is -0.437 e. The first kappa shape index (κ1) is 21.9. The van der Waals surface area contributed by atoms with Crippen molar-refractivity contribution < 1.29 is 9.53 Å². The number of nitrogens with zero attached hydrogens (tertiary/aromatic N) is 6. The van der Waals surface area contributed by atoms with Crippen molar-refractivity contribution in [2.75, 3.05) is 33.2 Å². The average molecular weight is 467 g/mol. The van der Waals surface area contributed by atoms with Crippen LogP contribution < -0.4 is 4.74 Å². The lowest BCUT2D eigenvalue weighted by molar-refractivity contribution is 0.0711. The van der Waals surface area contributed by atoms with Crippen LogP contribution in [0.15, 0.2) is 49.1 Å². The molecule has 0 bridgehead atoms. The van der Waals surface area contributed by atoms with Crippen molar-refractivity contribution in [2.24, 2.45) is 0 Å². The van der Waals surface area contributed by atoms with Gasteiger partial charge in [0.05, 0.1) is 17.8 Å². The number of likely N-dealkylation sites (tertiary alicyclic amines) is 2. The van der Waals surface area contributed by atoms with Crippen LogP contribution in [0.4, 0.5) is 0 Å². The maximum absolute atomic E-state index is 13.1. The Hall–Kier alpha value is -2.97. The van der Waals surface area contributed by atoms with Crippen LogP contribution in [0.25, 0.3) is 0 Å². The van der Waals surface area contributed by atoms with Crippen molar-refractivity contribution in [3.8, 4) is 11.6 Å². The molecule has 0 aliphatic carbocycles. The van der Waals surface area contributed by atoms with Gasteiger partial charge >= 0.3 is 0 Å². The van der Waals surface area contributed by atoms with Gasteiger partial charge in [-0.1, -0.05) is 17.7 Å². The molecule has 0 N–H and O–H groups in total. The van der Waals surface area contributed by atoms with E-state index in [4.69, 9.17) is 16.3 Å². The predicted molar refractivity (Wildman–Crippen MR) is 125 cm³/mol. The fraction of sp³-hybridized carbons (Fsp3) is 0.417. The molecule has 3 aromatic rings. The number of likely N-dealkylation sites (N-methyl/N-ethyl adjacent to an activating group) is 1. The second-order valence-electron chi connectivity index (χ2n) is 8.79. The molecule has 2 aliphatic heterocycles. The third-order valence-corrected chi connectivity index (χ3v) is 6.69. The van der Waals surface area contributed by atoms with Crippen molar-refractivity contribution in [3.63, 3.8) is 0 Å². The van der Waals surface area contributed by atoms with E-state index in [0.717, 1.165) is 38.0 Å². The third kappa shape index (κ3) is 4.86. The van der Waals surface area contributed by atoms with Crippen molar-refractivity contribution in [2.45, 2.75) is 31.2 Å². The van der Waals surface area contributed by atoms with E-state index in [1.165, 1.54) is 0 Å². The molecule has 2 fully saturated rings. The van der Waals surface area contributed by atoms with Crippen LogP contribution in [0, 0.1) is 0 Å². The zero-order valence-corrected chi connectivity index (χ0v) is 19.4. The van der Waals surface area contributed by atoms with Crippen LogP contribution >= 0.6 is 11.6 Å². The zero-order chi connectivity index (χ0) is 22.8. The summed E-state index contributed by atoms with van der Waals surface area (Å²) < 4.78 is 7.94. The van der Waals surface area contributed by atoms with Gasteiger partial charge in [0.1, 0.15) is 11.4 Å². The lowest BCUT2D eigenvalue weighted by atomic mass is 9.93. The minimum absolute atomic E-state index is 0.0422. The molecule has 2 aliphatic rings.